The number of sulfonamides is 1. The highest BCUT2D eigenvalue weighted by atomic mass is 32.2. The third-order valence-electron chi connectivity index (χ3n) is 5.44. The largest absolute Gasteiger partial charge is 0.495 e. The van der Waals surface area contributed by atoms with Crippen molar-refractivity contribution in [2.75, 3.05) is 22.5 Å². The van der Waals surface area contributed by atoms with Gasteiger partial charge in [0.1, 0.15) is 10.6 Å². The molecule has 0 atom stereocenters. The Morgan fingerprint density at radius 3 is 2.54 bits per heavy atom. The van der Waals surface area contributed by atoms with Crippen LogP contribution >= 0.6 is 0 Å². The number of nitro groups is 1. The van der Waals surface area contributed by atoms with E-state index in [0.29, 0.717) is 11.4 Å². The van der Waals surface area contributed by atoms with Gasteiger partial charge in [0.2, 0.25) is 5.91 Å². The number of non-ortho nitro benzene ring substituents is 1. The van der Waals surface area contributed by atoms with E-state index in [4.69, 9.17) is 4.74 Å². The Labute approximate surface area is 202 Å². The lowest BCUT2D eigenvalue weighted by molar-refractivity contribution is -0.385. The van der Waals surface area contributed by atoms with Crippen LogP contribution in [0.15, 0.2) is 71.6 Å². The number of carbonyl (C=O) groups excluding carboxylic acids is 1. The summed E-state index contributed by atoms with van der Waals surface area (Å²) in [6.07, 6.45) is 1.79. The topological polar surface area (TPSA) is 140 Å². The number of nitro benzene ring substituents is 1. The monoisotopic (exact) mass is 496 g/mol. The van der Waals surface area contributed by atoms with E-state index >= 15 is 0 Å². The molecule has 10 nitrogen and oxygen atoms in total. The van der Waals surface area contributed by atoms with Crippen molar-refractivity contribution in [3.63, 3.8) is 0 Å². The number of para-hydroxylation sites is 2. The highest BCUT2D eigenvalue weighted by Crippen LogP contribution is 2.32. The molecule has 0 radical (unpaired) electrons. The Hall–Kier alpha value is -4.12. The second-order valence-electron chi connectivity index (χ2n) is 8.06. The molecule has 35 heavy (non-hydrogen) atoms. The summed E-state index contributed by atoms with van der Waals surface area (Å²) in [4.78, 5) is 22.4. The first-order valence-electron chi connectivity index (χ1n) is 10.8. The van der Waals surface area contributed by atoms with Crippen LogP contribution in [0.3, 0.4) is 0 Å². The smallest absolute Gasteiger partial charge is 0.270 e. The van der Waals surface area contributed by atoms with Crippen LogP contribution in [0.25, 0.3) is 0 Å². The van der Waals surface area contributed by atoms with Crippen molar-refractivity contribution in [1.29, 1.82) is 0 Å². The second-order valence-corrected chi connectivity index (χ2v) is 9.71. The predicted molar refractivity (Wildman–Crippen MR) is 132 cm³/mol. The van der Waals surface area contributed by atoms with Crippen molar-refractivity contribution in [2.24, 2.45) is 5.92 Å². The van der Waals surface area contributed by atoms with Gasteiger partial charge in [-0.2, -0.15) is 0 Å². The van der Waals surface area contributed by atoms with Gasteiger partial charge in [-0.15, -0.1) is 0 Å². The predicted octanol–water partition coefficient (Wildman–Crippen LogP) is 4.36. The molecule has 182 valence electrons. The van der Waals surface area contributed by atoms with E-state index < -0.39 is 14.9 Å². The molecule has 1 saturated carbocycles. The van der Waals surface area contributed by atoms with Crippen LogP contribution in [-0.4, -0.2) is 26.4 Å². The highest BCUT2D eigenvalue weighted by Gasteiger charge is 2.29. The molecule has 11 heteroatoms. The number of hydrogen-bond donors (Lipinski definition) is 3. The summed E-state index contributed by atoms with van der Waals surface area (Å²) in [7, 11) is -2.81. The van der Waals surface area contributed by atoms with Crippen LogP contribution < -0.4 is 20.1 Å². The molecule has 0 saturated heterocycles. The number of nitrogens with one attached hydrogen (secondary N) is 3. The summed E-state index contributed by atoms with van der Waals surface area (Å²) >= 11 is 0. The maximum atomic E-state index is 13.2. The number of anilines is 3. The molecular weight excluding hydrogens is 472 g/mol. The van der Waals surface area contributed by atoms with Gasteiger partial charge in [0.25, 0.3) is 15.7 Å². The lowest BCUT2D eigenvalue weighted by Gasteiger charge is -2.16. The molecule has 0 aromatic heterocycles. The zero-order valence-electron chi connectivity index (χ0n) is 18.9. The van der Waals surface area contributed by atoms with Crippen molar-refractivity contribution in [1.82, 2.24) is 0 Å². The third kappa shape index (κ3) is 5.87. The Morgan fingerprint density at radius 2 is 1.83 bits per heavy atom. The van der Waals surface area contributed by atoms with E-state index in [1.54, 1.807) is 36.4 Å². The first kappa shape index (κ1) is 24.0. The molecule has 3 aromatic carbocycles. The molecule has 0 aliphatic heterocycles. The average Bonchev–Trinajstić information content (AvgIpc) is 3.69. The Kier molecular flexibility index (Phi) is 6.87. The number of amides is 1. The van der Waals surface area contributed by atoms with Crippen LogP contribution in [0.4, 0.5) is 22.7 Å². The quantitative estimate of drug-likeness (QED) is 0.280. The molecule has 1 aliphatic carbocycles. The van der Waals surface area contributed by atoms with E-state index in [0.717, 1.165) is 24.5 Å². The molecule has 3 aromatic rings. The molecule has 0 heterocycles. The molecule has 0 bridgehead atoms. The van der Waals surface area contributed by atoms with Crippen LogP contribution in [0.5, 0.6) is 5.75 Å². The molecule has 1 fully saturated rings. The number of methoxy groups -OCH3 is 1. The number of rotatable bonds is 10. The first-order chi connectivity index (χ1) is 16.8. The summed E-state index contributed by atoms with van der Waals surface area (Å²) in [5.41, 5.74) is 1.46. The number of carbonyl (C=O) groups is 1. The van der Waals surface area contributed by atoms with Gasteiger partial charge < -0.3 is 15.4 Å². The second kappa shape index (κ2) is 10.0. The maximum absolute atomic E-state index is 13.2. The van der Waals surface area contributed by atoms with Gasteiger partial charge in [-0.3, -0.25) is 19.6 Å². The zero-order valence-corrected chi connectivity index (χ0v) is 19.7. The van der Waals surface area contributed by atoms with Crippen LogP contribution in [0, 0.1) is 16.0 Å². The minimum atomic E-state index is -4.22. The molecule has 1 aliphatic rings. The minimum absolute atomic E-state index is 0.0127. The SMILES string of the molecule is COc1ccccc1NS(=O)(=O)c1cc([N+](=O)[O-])ccc1NCc1cccc(NC(=O)C2CC2)c1. The van der Waals surface area contributed by atoms with Crippen LogP contribution in [-0.2, 0) is 21.4 Å². The van der Waals surface area contributed by atoms with Crippen LogP contribution in [0.1, 0.15) is 18.4 Å². The van der Waals surface area contributed by atoms with E-state index in [2.05, 4.69) is 15.4 Å². The summed E-state index contributed by atoms with van der Waals surface area (Å²) < 4.78 is 34.1. The van der Waals surface area contributed by atoms with Crippen molar-refractivity contribution in [3.8, 4) is 5.75 Å². The Morgan fingerprint density at radius 1 is 1.06 bits per heavy atom. The van der Waals surface area contributed by atoms with Crippen molar-refractivity contribution in [3.05, 3.63) is 82.4 Å². The minimum Gasteiger partial charge on any atom is -0.495 e. The molecule has 4 rings (SSSR count). The average molecular weight is 497 g/mol. The van der Waals surface area contributed by atoms with Gasteiger partial charge in [-0.25, -0.2) is 8.42 Å². The van der Waals surface area contributed by atoms with E-state index in [1.807, 2.05) is 6.07 Å². The van der Waals surface area contributed by atoms with Crippen molar-refractivity contribution in [2.45, 2.75) is 24.3 Å². The standard InChI is InChI=1S/C24H24N4O6S/c1-34-22-8-3-2-7-20(22)27-35(32,33)23-14-19(28(30)31)11-12-21(23)25-15-16-5-4-6-18(13-16)26-24(29)17-9-10-17/h2-8,11-14,17,25,27H,9-10,15H2,1H3,(H,26,29). The summed E-state index contributed by atoms with van der Waals surface area (Å²) in [5, 5.41) is 17.2. The Balaban J connectivity index is 1.58. The highest BCUT2D eigenvalue weighted by molar-refractivity contribution is 7.93. The third-order valence-corrected chi connectivity index (χ3v) is 6.85. The molecule has 0 spiro atoms. The van der Waals surface area contributed by atoms with E-state index in [-0.39, 0.29) is 40.3 Å². The summed E-state index contributed by atoms with van der Waals surface area (Å²) in [6, 6.07) is 17.2. The summed E-state index contributed by atoms with van der Waals surface area (Å²) in [5.74, 6) is 0.364. The van der Waals surface area contributed by atoms with Gasteiger partial charge in [0.15, 0.2) is 0 Å². The van der Waals surface area contributed by atoms with Gasteiger partial charge in [-0.05, 0) is 48.7 Å². The normalized spacial score (nSPS) is 13.1. The van der Waals surface area contributed by atoms with Gasteiger partial charge in [0, 0.05) is 30.3 Å². The van der Waals surface area contributed by atoms with E-state index in [9.17, 15) is 23.3 Å². The fourth-order valence-electron chi connectivity index (χ4n) is 3.47. The molecule has 0 unspecified atom stereocenters. The van der Waals surface area contributed by atoms with Gasteiger partial charge in [0.05, 0.1) is 23.4 Å². The molecular formula is C24H24N4O6S. The summed E-state index contributed by atoms with van der Waals surface area (Å²) in [6.45, 7) is 0.224. The Bertz CT molecular complexity index is 1370. The maximum Gasteiger partial charge on any atom is 0.270 e. The molecule has 3 N–H and O–H groups in total. The van der Waals surface area contributed by atoms with Gasteiger partial charge in [-0.1, -0.05) is 24.3 Å². The fraction of sp³-hybridized carbons (Fsp3) is 0.208. The number of benzene rings is 3. The first-order valence-corrected chi connectivity index (χ1v) is 12.3. The van der Waals surface area contributed by atoms with Crippen molar-refractivity contribution >= 4 is 38.7 Å². The number of hydrogen-bond acceptors (Lipinski definition) is 7. The van der Waals surface area contributed by atoms with Crippen LogP contribution in [0.2, 0.25) is 0 Å². The number of ether oxygens (including phenoxy) is 1. The van der Waals surface area contributed by atoms with E-state index in [1.165, 1.54) is 25.3 Å². The fourth-order valence-corrected chi connectivity index (χ4v) is 4.74. The zero-order chi connectivity index (χ0) is 25.0. The lowest BCUT2D eigenvalue weighted by atomic mass is 10.2. The van der Waals surface area contributed by atoms with Crippen molar-refractivity contribution < 1.29 is 22.9 Å². The van der Waals surface area contributed by atoms with Gasteiger partial charge >= 0.3 is 0 Å². The molecule has 1 amide bonds. The lowest BCUT2D eigenvalue weighted by Crippen LogP contribution is -2.16. The number of nitrogens with zero attached hydrogens (tertiary/aromatic N) is 1.